The predicted molar refractivity (Wildman–Crippen MR) is 85.8 cm³/mol. The van der Waals surface area contributed by atoms with Crippen molar-refractivity contribution in [1.29, 1.82) is 0 Å². The van der Waals surface area contributed by atoms with Crippen LogP contribution in [0.3, 0.4) is 0 Å². The highest BCUT2D eigenvalue weighted by Gasteiger charge is 2.10. The van der Waals surface area contributed by atoms with Gasteiger partial charge < -0.3 is 9.73 Å². The normalized spacial score (nSPS) is 11.6. The molecule has 114 valence electrons. The Balaban J connectivity index is 2.12. The van der Waals surface area contributed by atoms with Gasteiger partial charge >= 0.3 is 0 Å². The molecule has 0 saturated carbocycles. The molecule has 2 rings (SSSR count). The second kappa shape index (κ2) is 6.55. The van der Waals surface area contributed by atoms with E-state index in [1.165, 1.54) is 12.1 Å². The summed E-state index contributed by atoms with van der Waals surface area (Å²) in [5.41, 5.74) is 1.67. The second-order valence-electron chi connectivity index (χ2n) is 4.68. The summed E-state index contributed by atoms with van der Waals surface area (Å²) >= 11 is 1.69. The molecule has 2 aromatic rings. The zero-order valence-corrected chi connectivity index (χ0v) is 13.6. The van der Waals surface area contributed by atoms with Crippen LogP contribution in [0.25, 0.3) is 0 Å². The van der Waals surface area contributed by atoms with E-state index in [2.05, 4.69) is 5.32 Å². The fourth-order valence-corrected chi connectivity index (χ4v) is 2.87. The molecule has 0 aliphatic heterocycles. The third-order valence-electron chi connectivity index (χ3n) is 2.99. The van der Waals surface area contributed by atoms with Gasteiger partial charge in [-0.3, -0.25) is 0 Å². The van der Waals surface area contributed by atoms with Gasteiger partial charge in [-0.15, -0.1) is 0 Å². The molecule has 0 atom stereocenters. The van der Waals surface area contributed by atoms with Crippen molar-refractivity contribution in [2.75, 3.05) is 11.6 Å². The van der Waals surface area contributed by atoms with Gasteiger partial charge in [-0.2, -0.15) is 11.8 Å². The number of aryl methyl sites for hydroxylation is 1. The molecule has 1 aromatic heterocycles. The fraction of sp³-hybridized carbons (Fsp3) is 0.286. The van der Waals surface area contributed by atoms with Gasteiger partial charge in [0.25, 0.3) is 0 Å². The van der Waals surface area contributed by atoms with Crippen molar-refractivity contribution >= 4 is 27.5 Å². The zero-order valence-electron chi connectivity index (χ0n) is 11.9. The summed E-state index contributed by atoms with van der Waals surface area (Å²) in [5, 5.41) is 8.32. The molecule has 0 bridgehead atoms. The van der Waals surface area contributed by atoms with Crippen LogP contribution in [0.1, 0.15) is 17.1 Å². The lowest BCUT2D eigenvalue weighted by atomic mass is 10.2. The first-order valence-electron chi connectivity index (χ1n) is 6.34. The first kappa shape index (κ1) is 15.9. The van der Waals surface area contributed by atoms with Gasteiger partial charge in [0.05, 0.1) is 17.2 Å². The fourth-order valence-electron chi connectivity index (χ4n) is 1.89. The van der Waals surface area contributed by atoms with E-state index in [0.717, 1.165) is 28.5 Å². The standard InChI is InChI=1S/C14H18N2O3S2/c1-10-3-6-13(21(15,17)18)7-14(10)16-8-11-4-5-12(19-11)9-20-2/h3-7,16H,8-9H2,1-2H3,(H2,15,17,18). The number of benzene rings is 1. The van der Waals surface area contributed by atoms with E-state index in [1.807, 2.05) is 25.3 Å². The van der Waals surface area contributed by atoms with Gasteiger partial charge in [0, 0.05) is 5.69 Å². The Hall–Kier alpha value is -1.44. The minimum Gasteiger partial charge on any atom is -0.463 e. The van der Waals surface area contributed by atoms with Crippen LogP contribution < -0.4 is 10.5 Å². The lowest BCUT2D eigenvalue weighted by molar-refractivity contribution is 0.487. The number of anilines is 1. The molecular formula is C14H18N2O3S2. The summed E-state index contributed by atoms with van der Waals surface area (Å²) in [4.78, 5) is 0.0955. The molecule has 0 unspecified atom stereocenters. The largest absolute Gasteiger partial charge is 0.463 e. The molecule has 0 aliphatic carbocycles. The topological polar surface area (TPSA) is 85.3 Å². The highest BCUT2D eigenvalue weighted by atomic mass is 32.2. The van der Waals surface area contributed by atoms with Gasteiger partial charge in [0.2, 0.25) is 10.0 Å². The number of thioether (sulfide) groups is 1. The molecular weight excluding hydrogens is 308 g/mol. The van der Waals surface area contributed by atoms with Crippen molar-refractivity contribution < 1.29 is 12.8 Å². The van der Waals surface area contributed by atoms with E-state index in [0.29, 0.717) is 6.54 Å². The zero-order chi connectivity index (χ0) is 15.5. The molecule has 1 aromatic carbocycles. The van der Waals surface area contributed by atoms with E-state index in [1.54, 1.807) is 17.8 Å². The van der Waals surface area contributed by atoms with Crippen LogP contribution in [-0.2, 0) is 22.3 Å². The third kappa shape index (κ3) is 4.26. The number of sulfonamides is 1. The molecule has 0 saturated heterocycles. The number of nitrogens with one attached hydrogen (secondary N) is 1. The first-order chi connectivity index (χ1) is 9.90. The van der Waals surface area contributed by atoms with Crippen LogP contribution in [0.4, 0.5) is 5.69 Å². The summed E-state index contributed by atoms with van der Waals surface area (Å²) in [6, 6.07) is 8.62. The van der Waals surface area contributed by atoms with Crippen molar-refractivity contribution in [3.05, 3.63) is 47.4 Å². The maximum atomic E-state index is 11.4. The smallest absolute Gasteiger partial charge is 0.238 e. The number of rotatable bonds is 6. The van der Waals surface area contributed by atoms with Crippen LogP contribution in [0.15, 0.2) is 39.6 Å². The lowest BCUT2D eigenvalue weighted by Crippen LogP contribution is -2.12. The summed E-state index contributed by atoms with van der Waals surface area (Å²) in [6.07, 6.45) is 2.02. The van der Waals surface area contributed by atoms with E-state index in [-0.39, 0.29) is 4.90 Å². The van der Waals surface area contributed by atoms with E-state index in [4.69, 9.17) is 9.56 Å². The summed E-state index contributed by atoms with van der Waals surface area (Å²) in [7, 11) is -3.69. The Bertz CT molecular complexity index is 724. The Morgan fingerprint density at radius 2 is 1.95 bits per heavy atom. The van der Waals surface area contributed by atoms with Crippen molar-refractivity contribution in [2.24, 2.45) is 5.14 Å². The van der Waals surface area contributed by atoms with Crippen LogP contribution >= 0.6 is 11.8 Å². The number of primary sulfonamides is 1. The molecule has 0 radical (unpaired) electrons. The number of nitrogens with two attached hydrogens (primary N) is 1. The second-order valence-corrected chi connectivity index (χ2v) is 7.10. The van der Waals surface area contributed by atoms with Crippen LogP contribution in [-0.4, -0.2) is 14.7 Å². The molecule has 3 N–H and O–H groups in total. The van der Waals surface area contributed by atoms with E-state index < -0.39 is 10.0 Å². The Morgan fingerprint density at radius 3 is 2.62 bits per heavy atom. The molecule has 0 amide bonds. The molecule has 1 heterocycles. The van der Waals surface area contributed by atoms with Gasteiger partial charge in [-0.05, 0) is 43.0 Å². The first-order valence-corrected chi connectivity index (χ1v) is 9.28. The van der Waals surface area contributed by atoms with Crippen molar-refractivity contribution in [1.82, 2.24) is 0 Å². The number of furan rings is 1. The monoisotopic (exact) mass is 326 g/mol. The molecule has 0 spiro atoms. The summed E-state index contributed by atoms with van der Waals surface area (Å²) in [6.45, 7) is 2.39. The highest BCUT2D eigenvalue weighted by molar-refractivity contribution is 7.97. The Kier molecular flexibility index (Phi) is 4.97. The van der Waals surface area contributed by atoms with Crippen molar-refractivity contribution in [2.45, 2.75) is 24.1 Å². The maximum absolute atomic E-state index is 11.4. The van der Waals surface area contributed by atoms with Crippen molar-refractivity contribution in [3.8, 4) is 0 Å². The van der Waals surface area contributed by atoms with E-state index in [9.17, 15) is 8.42 Å². The van der Waals surface area contributed by atoms with Gasteiger partial charge in [-0.25, -0.2) is 13.6 Å². The Morgan fingerprint density at radius 1 is 1.24 bits per heavy atom. The van der Waals surface area contributed by atoms with Crippen molar-refractivity contribution in [3.63, 3.8) is 0 Å². The molecule has 7 heteroatoms. The molecule has 0 fully saturated rings. The van der Waals surface area contributed by atoms with Gasteiger partial charge in [0.1, 0.15) is 11.5 Å². The minimum atomic E-state index is -3.69. The lowest BCUT2D eigenvalue weighted by Gasteiger charge is -2.10. The third-order valence-corrected chi connectivity index (χ3v) is 4.48. The van der Waals surface area contributed by atoms with Crippen LogP contribution in [0.5, 0.6) is 0 Å². The van der Waals surface area contributed by atoms with Gasteiger partial charge in [0.15, 0.2) is 0 Å². The molecule has 21 heavy (non-hydrogen) atoms. The minimum absolute atomic E-state index is 0.0955. The highest BCUT2D eigenvalue weighted by Crippen LogP contribution is 2.21. The van der Waals surface area contributed by atoms with E-state index >= 15 is 0 Å². The Labute approximate surface area is 129 Å². The average Bonchev–Trinajstić information content (AvgIpc) is 2.84. The average molecular weight is 326 g/mol. The quantitative estimate of drug-likeness (QED) is 0.852. The SMILES string of the molecule is CSCc1ccc(CNc2cc(S(N)(=O)=O)ccc2C)o1. The molecule has 5 nitrogen and oxygen atoms in total. The van der Waals surface area contributed by atoms with Crippen LogP contribution in [0, 0.1) is 6.92 Å². The predicted octanol–water partition coefficient (Wildman–Crippen LogP) is 2.71. The molecule has 0 aliphatic rings. The maximum Gasteiger partial charge on any atom is 0.238 e. The number of hydrogen-bond acceptors (Lipinski definition) is 5. The number of hydrogen-bond donors (Lipinski definition) is 2. The summed E-state index contributed by atoms with van der Waals surface area (Å²) in [5.74, 6) is 2.56. The van der Waals surface area contributed by atoms with Gasteiger partial charge in [-0.1, -0.05) is 6.07 Å². The van der Waals surface area contributed by atoms with Crippen LogP contribution in [0.2, 0.25) is 0 Å². The summed E-state index contributed by atoms with van der Waals surface area (Å²) < 4.78 is 28.4.